The fraction of sp³-hybridized carbons (Fsp3) is 0.500. The molecule has 1 aliphatic heterocycles. The van der Waals surface area contributed by atoms with Gasteiger partial charge in [-0.1, -0.05) is 70.9 Å². The largest absolute Gasteiger partial charge is 0.345 e. The second-order valence-electron chi connectivity index (χ2n) is 11.3. The van der Waals surface area contributed by atoms with E-state index in [9.17, 15) is 8.42 Å². The number of hydrogen-bond donors (Lipinski definition) is 0. The fourth-order valence-corrected chi connectivity index (χ4v) is 8.08. The minimum Gasteiger partial charge on any atom is -0.345 e. The van der Waals surface area contributed by atoms with Crippen LogP contribution in [0.15, 0.2) is 40.6 Å². The SMILES string of the molecule is Cc1cc(C)cc(-c2csc(N3CCN(S(=O)(=O)c4c(C(C)C)cc(C(C)C)cc4C(C)C)CC3)n2)c1. The fourth-order valence-electron chi connectivity index (χ4n) is 5.10. The second-order valence-corrected chi connectivity index (χ2v) is 14.0. The Bertz CT molecular complexity index is 1320. The summed E-state index contributed by atoms with van der Waals surface area (Å²) < 4.78 is 29.9. The normalized spacial score (nSPS) is 15.4. The van der Waals surface area contributed by atoms with E-state index in [0.29, 0.717) is 37.0 Å². The molecule has 1 saturated heterocycles. The zero-order valence-corrected chi connectivity index (χ0v) is 25.1. The van der Waals surface area contributed by atoms with E-state index in [1.807, 2.05) is 0 Å². The van der Waals surface area contributed by atoms with Gasteiger partial charge in [-0.25, -0.2) is 13.4 Å². The van der Waals surface area contributed by atoms with Crippen molar-refractivity contribution in [2.24, 2.45) is 0 Å². The number of nitrogens with zero attached hydrogens (tertiary/aromatic N) is 3. The van der Waals surface area contributed by atoms with Crippen molar-refractivity contribution in [3.05, 3.63) is 63.5 Å². The van der Waals surface area contributed by atoms with E-state index in [0.717, 1.165) is 27.5 Å². The maximum atomic E-state index is 14.1. The van der Waals surface area contributed by atoms with E-state index < -0.39 is 10.0 Å². The molecule has 2 heterocycles. The molecule has 0 N–H and O–H groups in total. The van der Waals surface area contributed by atoms with Crippen LogP contribution in [-0.2, 0) is 10.0 Å². The summed E-state index contributed by atoms with van der Waals surface area (Å²) >= 11 is 1.63. The van der Waals surface area contributed by atoms with Gasteiger partial charge < -0.3 is 4.90 Å². The number of hydrogen-bond acceptors (Lipinski definition) is 5. The van der Waals surface area contributed by atoms with Crippen LogP contribution in [0.5, 0.6) is 0 Å². The Balaban J connectivity index is 1.58. The number of aromatic nitrogens is 1. The molecule has 7 heteroatoms. The van der Waals surface area contributed by atoms with Gasteiger partial charge in [0.25, 0.3) is 0 Å². The summed E-state index contributed by atoms with van der Waals surface area (Å²) in [4.78, 5) is 7.66. The molecule has 0 unspecified atom stereocenters. The van der Waals surface area contributed by atoms with E-state index in [-0.39, 0.29) is 11.8 Å². The van der Waals surface area contributed by atoms with Crippen molar-refractivity contribution in [1.82, 2.24) is 9.29 Å². The van der Waals surface area contributed by atoms with Crippen LogP contribution in [0, 0.1) is 13.8 Å². The maximum Gasteiger partial charge on any atom is 0.243 e. The number of thiazole rings is 1. The van der Waals surface area contributed by atoms with Crippen LogP contribution in [0.3, 0.4) is 0 Å². The third-order valence-electron chi connectivity index (χ3n) is 7.20. The molecule has 4 rings (SSSR count). The van der Waals surface area contributed by atoms with Gasteiger partial charge >= 0.3 is 0 Å². The highest BCUT2D eigenvalue weighted by Crippen LogP contribution is 2.37. The monoisotopic (exact) mass is 539 g/mol. The molecule has 0 atom stereocenters. The molecule has 0 spiro atoms. The Labute approximate surface area is 227 Å². The number of benzene rings is 2. The van der Waals surface area contributed by atoms with Gasteiger partial charge in [-0.15, -0.1) is 11.3 Å². The van der Waals surface area contributed by atoms with E-state index in [1.165, 1.54) is 16.7 Å². The van der Waals surface area contributed by atoms with Crippen LogP contribution in [0.2, 0.25) is 0 Å². The van der Waals surface area contributed by atoms with Crippen LogP contribution < -0.4 is 4.90 Å². The molecule has 0 aliphatic carbocycles. The van der Waals surface area contributed by atoms with Crippen LogP contribution in [0.25, 0.3) is 11.3 Å². The first-order valence-electron chi connectivity index (χ1n) is 13.4. The van der Waals surface area contributed by atoms with Gasteiger partial charge in [-0.3, -0.25) is 0 Å². The molecule has 3 aromatic rings. The van der Waals surface area contributed by atoms with Crippen molar-refractivity contribution in [3.63, 3.8) is 0 Å². The van der Waals surface area contributed by atoms with Gasteiger partial charge in [0.15, 0.2) is 5.13 Å². The van der Waals surface area contributed by atoms with E-state index in [4.69, 9.17) is 4.98 Å². The van der Waals surface area contributed by atoms with E-state index in [1.54, 1.807) is 15.6 Å². The lowest BCUT2D eigenvalue weighted by molar-refractivity contribution is 0.383. The highest BCUT2D eigenvalue weighted by molar-refractivity contribution is 7.89. The molecule has 1 aromatic heterocycles. The number of piperazine rings is 1. The predicted octanol–water partition coefficient (Wildman–Crippen LogP) is 7.31. The van der Waals surface area contributed by atoms with Crippen LogP contribution in [-0.4, -0.2) is 43.9 Å². The highest BCUT2D eigenvalue weighted by atomic mass is 32.2. The number of anilines is 1. The Morgan fingerprint density at radius 2 is 1.32 bits per heavy atom. The van der Waals surface area contributed by atoms with Crippen molar-refractivity contribution in [2.75, 3.05) is 31.1 Å². The lowest BCUT2D eigenvalue weighted by atomic mass is 9.89. The number of sulfonamides is 1. The van der Waals surface area contributed by atoms with Gasteiger partial charge in [0, 0.05) is 37.1 Å². The van der Waals surface area contributed by atoms with Gasteiger partial charge in [0.05, 0.1) is 10.6 Å². The Morgan fingerprint density at radius 1 is 0.784 bits per heavy atom. The van der Waals surface area contributed by atoms with Crippen molar-refractivity contribution >= 4 is 26.5 Å². The van der Waals surface area contributed by atoms with E-state index >= 15 is 0 Å². The van der Waals surface area contributed by atoms with Crippen LogP contribution in [0.4, 0.5) is 5.13 Å². The summed E-state index contributed by atoms with van der Waals surface area (Å²) in [6, 6.07) is 10.7. The lowest BCUT2D eigenvalue weighted by Crippen LogP contribution is -2.49. The Morgan fingerprint density at radius 3 is 1.81 bits per heavy atom. The van der Waals surface area contributed by atoms with Crippen LogP contribution in [0.1, 0.15) is 87.1 Å². The molecular formula is C30H41N3O2S2. The molecule has 0 amide bonds. The Kier molecular flexibility index (Phi) is 8.17. The van der Waals surface area contributed by atoms with Crippen molar-refractivity contribution < 1.29 is 8.42 Å². The highest BCUT2D eigenvalue weighted by Gasteiger charge is 2.34. The zero-order chi connectivity index (χ0) is 27.1. The first-order chi connectivity index (χ1) is 17.4. The minimum absolute atomic E-state index is 0.126. The quantitative estimate of drug-likeness (QED) is 0.316. The average Bonchev–Trinajstić information content (AvgIpc) is 3.33. The van der Waals surface area contributed by atoms with Gasteiger partial charge in [-0.2, -0.15) is 4.31 Å². The molecule has 0 radical (unpaired) electrons. The summed E-state index contributed by atoms with van der Waals surface area (Å²) in [7, 11) is -3.62. The van der Waals surface area contributed by atoms with E-state index in [2.05, 4.69) is 96.0 Å². The van der Waals surface area contributed by atoms with Crippen molar-refractivity contribution in [3.8, 4) is 11.3 Å². The third kappa shape index (κ3) is 5.79. The van der Waals surface area contributed by atoms with Gasteiger partial charge in [0.1, 0.15) is 0 Å². The summed E-state index contributed by atoms with van der Waals surface area (Å²) in [6.07, 6.45) is 0. The second kappa shape index (κ2) is 10.9. The first kappa shape index (κ1) is 27.8. The zero-order valence-electron chi connectivity index (χ0n) is 23.5. The molecule has 200 valence electrons. The molecule has 0 saturated carbocycles. The molecule has 37 heavy (non-hydrogen) atoms. The smallest absolute Gasteiger partial charge is 0.243 e. The molecule has 2 aromatic carbocycles. The number of rotatable bonds is 7. The molecule has 5 nitrogen and oxygen atoms in total. The maximum absolute atomic E-state index is 14.1. The third-order valence-corrected chi connectivity index (χ3v) is 10.1. The number of aryl methyl sites for hydroxylation is 2. The minimum atomic E-state index is -3.62. The summed E-state index contributed by atoms with van der Waals surface area (Å²) in [5.41, 5.74) is 7.66. The summed E-state index contributed by atoms with van der Waals surface area (Å²) in [5, 5.41) is 3.06. The van der Waals surface area contributed by atoms with Crippen LogP contribution >= 0.6 is 11.3 Å². The Hall–Kier alpha value is -2.22. The lowest BCUT2D eigenvalue weighted by Gasteiger charge is -2.35. The summed E-state index contributed by atoms with van der Waals surface area (Å²) in [6.45, 7) is 19.1. The molecular weight excluding hydrogens is 498 g/mol. The standard InChI is InChI=1S/C30H41N3O2S2/c1-19(2)24-16-26(20(3)4)29(27(17-24)21(5)6)37(34,35)33-11-9-32(10-12-33)30-31-28(18-36-30)25-14-22(7)13-23(8)15-25/h13-21H,9-12H2,1-8H3. The molecule has 1 fully saturated rings. The van der Waals surface area contributed by atoms with Gasteiger partial charge in [0.2, 0.25) is 10.0 Å². The summed E-state index contributed by atoms with van der Waals surface area (Å²) in [5.74, 6) is 0.602. The van der Waals surface area contributed by atoms with Gasteiger partial charge in [-0.05, 0) is 60.4 Å². The van der Waals surface area contributed by atoms with Crippen molar-refractivity contribution in [2.45, 2.75) is 78.0 Å². The topological polar surface area (TPSA) is 53.5 Å². The predicted molar refractivity (Wildman–Crippen MR) is 157 cm³/mol. The average molecular weight is 540 g/mol. The molecule has 0 bridgehead atoms. The first-order valence-corrected chi connectivity index (χ1v) is 15.7. The molecule has 1 aliphatic rings. The van der Waals surface area contributed by atoms with Crippen molar-refractivity contribution in [1.29, 1.82) is 0 Å².